The highest BCUT2D eigenvalue weighted by atomic mass is 35.7. The molecule has 0 saturated heterocycles. The van der Waals surface area contributed by atoms with E-state index in [-0.39, 0.29) is 24.2 Å². The summed E-state index contributed by atoms with van der Waals surface area (Å²) in [7, 11) is 1.63. The maximum Gasteiger partial charge on any atom is 0.416 e. The van der Waals surface area contributed by atoms with Crippen LogP contribution in [0.3, 0.4) is 0 Å². The van der Waals surface area contributed by atoms with Gasteiger partial charge in [-0.3, -0.25) is 0 Å². The average molecular weight is 646 g/mol. The summed E-state index contributed by atoms with van der Waals surface area (Å²) in [5.41, 5.74) is 0.0880. The van der Waals surface area contributed by atoms with Crippen LogP contribution in [0.4, 0.5) is 17.3 Å². The van der Waals surface area contributed by atoms with Crippen molar-refractivity contribution in [3.8, 4) is 0 Å². The number of hydrogen-bond acceptors (Lipinski definition) is 15. The molecule has 0 saturated carbocycles. The Labute approximate surface area is 253 Å². The van der Waals surface area contributed by atoms with E-state index in [0.29, 0.717) is 23.0 Å². The maximum atomic E-state index is 12.3. The molecule has 0 bridgehead atoms. The molecule has 0 aliphatic heterocycles. The van der Waals surface area contributed by atoms with Gasteiger partial charge in [0, 0.05) is 66.5 Å². The van der Waals surface area contributed by atoms with E-state index in [0.717, 1.165) is 5.69 Å². The second-order valence-corrected chi connectivity index (χ2v) is 13.2. The van der Waals surface area contributed by atoms with Gasteiger partial charge in [0.25, 0.3) is 0 Å². The van der Waals surface area contributed by atoms with Gasteiger partial charge < -0.3 is 19.6 Å². The molecule has 0 radical (unpaired) electrons. The van der Waals surface area contributed by atoms with E-state index in [1.54, 1.807) is 0 Å². The zero-order valence-corrected chi connectivity index (χ0v) is 28.4. The second kappa shape index (κ2) is 13.9. The van der Waals surface area contributed by atoms with Crippen LogP contribution in [-0.4, -0.2) is 92.2 Å². The van der Waals surface area contributed by atoms with Crippen LogP contribution >= 0.6 is 0 Å². The Balaban J connectivity index is 0.00000162. The predicted molar refractivity (Wildman–Crippen MR) is 136 cm³/mol. The van der Waals surface area contributed by atoms with E-state index < -0.39 is 26.2 Å². The van der Waals surface area contributed by atoms with Crippen molar-refractivity contribution in [2.45, 2.75) is 85.3 Å². The molecule has 244 valence electrons. The fourth-order valence-corrected chi connectivity index (χ4v) is 5.69. The lowest BCUT2D eigenvalue weighted by atomic mass is 10.1. The summed E-state index contributed by atoms with van der Waals surface area (Å²) >= 11 is 0. The van der Waals surface area contributed by atoms with Crippen molar-refractivity contribution in [1.29, 1.82) is 0 Å². The van der Waals surface area contributed by atoms with E-state index in [2.05, 4.69) is 4.90 Å². The monoisotopic (exact) mass is 644 g/mol. The number of rotatable bonds is 12. The Bertz CT molecular complexity index is 1040. The first-order valence-electron chi connectivity index (χ1n) is 13.2. The van der Waals surface area contributed by atoms with Gasteiger partial charge in [-0.15, -0.1) is 10.2 Å². The number of aromatic nitrogens is 3. The molecule has 0 aromatic carbocycles. The molecule has 1 aromatic heterocycles. The molecule has 1 aromatic rings. The largest absolute Gasteiger partial charge is 0.416 e. The molecular formula is C24H46Cl2N8O8. The van der Waals surface area contributed by atoms with Gasteiger partial charge >= 0.3 is 11.4 Å². The summed E-state index contributed by atoms with van der Waals surface area (Å²) in [5, 5.41) is 9.70. The zero-order valence-electron chi connectivity index (χ0n) is 26.9. The van der Waals surface area contributed by atoms with Crippen LogP contribution in [0.2, 0.25) is 0 Å². The summed E-state index contributed by atoms with van der Waals surface area (Å²) in [6.45, 7) is 15.8. The van der Waals surface area contributed by atoms with Crippen molar-refractivity contribution >= 4 is 23.0 Å². The molecule has 18 heteroatoms. The van der Waals surface area contributed by atoms with Crippen molar-refractivity contribution in [3.05, 3.63) is 5.70 Å². The van der Waals surface area contributed by atoms with Crippen LogP contribution in [0.15, 0.2) is 5.70 Å². The standard InChI is InChI=1S/C24H46ClN8O4.ClHO4/c1-15(2)31(16(3)4)20-21(24(20,37-25(34,35)36)32(17(5)6)18(7)8)33-26-22(29(11)12)19(28(9)10)23(27-33)30(13)14;2-1(3,4)5/h15-18H,1-14H3;(H,2,3,4,5)/q+1;/p-1. The lowest BCUT2D eigenvalue weighted by molar-refractivity contribution is -2.00. The second-order valence-electron chi connectivity index (χ2n) is 11.5. The maximum absolute atomic E-state index is 12.3. The number of hydrogen-bond donors (Lipinski definition) is 0. The summed E-state index contributed by atoms with van der Waals surface area (Å²) in [4.78, 5) is 11.1. The molecule has 0 amide bonds. The minimum Gasteiger partial charge on any atom is -0.371 e. The Hall–Kier alpha value is -1.83. The minimum absolute atomic E-state index is 0.0223. The summed E-state index contributed by atoms with van der Waals surface area (Å²) in [6, 6.07) is -0.389. The van der Waals surface area contributed by atoms with Gasteiger partial charge in [0.1, 0.15) is 9.98 Å². The SMILES string of the molecule is CC(C)N(C1=C([n+]2nc(N(C)C)c(N(C)C)c(N(C)C)n2)C1(O[Cl+3]([O-])([O-])[O-])N(C(C)C)C(C)C)C(C)C.[O-][Cl+3]([O-])([O-])[O-]. The first-order valence-corrected chi connectivity index (χ1v) is 15.7. The van der Waals surface area contributed by atoms with E-state index in [9.17, 15) is 14.0 Å². The normalized spacial score (nSPS) is 17.4. The third-order valence-corrected chi connectivity index (χ3v) is 6.57. The van der Waals surface area contributed by atoms with Crippen LogP contribution in [0.5, 0.6) is 0 Å². The topological polar surface area (TPSA) is 217 Å². The zero-order chi connectivity index (χ0) is 33.3. The van der Waals surface area contributed by atoms with Gasteiger partial charge in [0.2, 0.25) is 11.6 Å². The third-order valence-electron chi connectivity index (χ3n) is 6.15. The van der Waals surface area contributed by atoms with Crippen LogP contribution in [0, 0.1) is 20.5 Å². The summed E-state index contributed by atoms with van der Waals surface area (Å²) in [6.07, 6.45) is 0. The van der Waals surface area contributed by atoms with Gasteiger partial charge in [-0.05, 0) is 55.4 Å². The molecule has 1 atom stereocenters. The molecule has 16 nitrogen and oxygen atoms in total. The Kier molecular flexibility index (Phi) is 12.6. The molecule has 42 heavy (non-hydrogen) atoms. The Morgan fingerprint density at radius 1 is 0.643 bits per heavy atom. The van der Waals surface area contributed by atoms with Gasteiger partial charge in [-0.25, -0.2) is 23.5 Å². The lowest BCUT2D eigenvalue weighted by Gasteiger charge is -2.38. The molecular weight excluding hydrogens is 599 g/mol. The highest BCUT2D eigenvalue weighted by molar-refractivity contribution is 5.79. The van der Waals surface area contributed by atoms with Crippen LogP contribution < -0.4 is 52.1 Å². The van der Waals surface area contributed by atoms with E-state index in [1.165, 1.54) is 4.80 Å². The minimum atomic E-state index is -4.94. The van der Waals surface area contributed by atoms with Crippen LogP contribution in [-0.2, 0) is 4.29 Å². The smallest absolute Gasteiger partial charge is 0.371 e. The van der Waals surface area contributed by atoms with E-state index in [1.807, 2.05) is 117 Å². The van der Waals surface area contributed by atoms with Crippen LogP contribution in [0.1, 0.15) is 55.4 Å². The van der Waals surface area contributed by atoms with E-state index >= 15 is 0 Å². The van der Waals surface area contributed by atoms with Gasteiger partial charge in [-0.2, -0.15) is 14.0 Å². The number of anilines is 3. The van der Waals surface area contributed by atoms with Gasteiger partial charge in [0.15, 0.2) is 5.70 Å². The number of nitrogens with zero attached hydrogens (tertiary/aromatic N) is 8. The molecule has 0 N–H and O–H groups in total. The van der Waals surface area contributed by atoms with Crippen molar-refractivity contribution in [1.82, 2.24) is 20.0 Å². The fourth-order valence-electron chi connectivity index (χ4n) is 5.19. The molecule has 0 spiro atoms. The summed E-state index contributed by atoms with van der Waals surface area (Å²) in [5.74, 6) is 1.25. The van der Waals surface area contributed by atoms with Gasteiger partial charge in [-0.1, -0.05) is 0 Å². The quantitative estimate of drug-likeness (QED) is 0.153. The first-order chi connectivity index (χ1) is 18.8. The Morgan fingerprint density at radius 3 is 1.24 bits per heavy atom. The molecule has 1 aliphatic rings. The van der Waals surface area contributed by atoms with Crippen molar-refractivity contribution in [2.75, 3.05) is 57.0 Å². The van der Waals surface area contributed by atoms with Crippen molar-refractivity contribution in [3.63, 3.8) is 0 Å². The fraction of sp³-hybridized carbons (Fsp3) is 0.792. The summed E-state index contributed by atoms with van der Waals surface area (Å²) < 4.78 is 76.3. The molecule has 1 heterocycles. The highest BCUT2D eigenvalue weighted by Crippen LogP contribution is 2.55. The predicted octanol–water partition coefficient (Wildman–Crippen LogP) is -5.76. The van der Waals surface area contributed by atoms with Gasteiger partial charge in [0.05, 0.1) is 25.2 Å². The van der Waals surface area contributed by atoms with Crippen LogP contribution in [0.25, 0.3) is 5.70 Å². The molecule has 1 unspecified atom stereocenters. The highest BCUT2D eigenvalue weighted by Gasteiger charge is 2.82. The van der Waals surface area contributed by atoms with E-state index in [4.69, 9.17) is 33.1 Å². The van der Waals surface area contributed by atoms with Crippen molar-refractivity contribution < 1.29 is 62.2 Å². The van der Waals surface area contributed by atoms with Crippen molar-refractivity contribution in [2.24, 2.45) is 0 Å². The molecule has 2 rings (SSSR count). The Morgan fingerprint density at radius 2 is 1.00 bits per heavy atom. The average Bonchev–Trinajstić information content (AvgIpc) is 3.34. The number of halogens is 2. The third kappa shape index (κ3) is 9.09. The molecule has 0 fully saturated rings. The lowest BCUT2D eigenvalue weighted by Crippen LogP contribution is -2.68. The molecule has 1 aliphatic carbocycles. The first kappa shape index (κ1) is 38.2.